The number of nitrogens with one attached hydrogen (secondary N) is 1. The second kappa shape index (κ2) is 11.5. The number of carbonyl (C=O) groups excluding carboxylic acids is 2. The van der Waals surface area contributed by atoms with E-state index in [0.717, 1.165) is 28.1 Å². The van der Waals surface area contributed by atoms with Gasteiger partial charge >= 0.3 is 0 Å². The molecule has 0 fully saturated rings. The predicted octanol–water partition coefficient (Wildman–Crippen LogP) is 3.67. The minimum absolute atomic E-state index is 0.0731. The Morgan fingerprint density at radius 1 is 1.12 bits per heavy atom. The van der Waals surface area contributed by atoms with Gasteiger partial charge in [-0.25, -0.2) is 8.42 Å². The highest BCUT2D eigenvalue weighted by molar-refractivity contribution is 7.92. The number of carbonyl (C=O) groups is 2. The standard InChI is InChI=1S/C24H32ClN3O4S/c1-6-13-26-24(30)19(4)27(15-20-9-7-8-10-21(20)25)23(29)16-28(33(5,31)32)22-12-11-17(2)14-18(22)3/h7-12,14,19H,6,13,15-16H2,1-5H3,(H,26,30). The van der Waals surface area contributed by atoms with E-state index in [1.807, 2.05) is 19.9 Å². The number of nitrogens with zero attached hydrogens (tertiary/aromatic N) is 2. The van der Waals surface area contributed by atoms with E-state index < -0.39 is 28.5 Å². The van der Waals surface area contributed by atoms with Crippen molar-refractivity contribution < 1.29 is 18.0 Å². The average molecular weight is 494 g/mol. The van der Waals surface area contributed by atoms with E-state index in [2.05, 4.69) is 5.32 Å². The van der Waals surface area contributed by atoms with Crippen molar-refractivity contribution in [1.29, 1.82) is 0 Å². The van der Waals surface area contributed by atoms with Crippen LogP contribution in [-0.2, 0) is 26.2 Å². The third kappa shape index (κ3) is 7.20. The SMILES string of the molecule is CCCNC(=O)C(C)N(Cc1ccccc1Cl)C(=O)CN(c1ccc(C)cc1C)S(C)(=O)=O. The van der Waals surface area contributed by atoms with E-state index in [1.165, 1.54) is 4.90 Å². The van der Waals surface area contributed by atoms with Crippen molar-refractivity contribution in [2.24, 2.45) is 0 Å². The maximum Gasteiger partial charge on any atom is 0.244 e. The zero-order valence-corrected chi connectivity index (χ0v) is 21.3. The zero-order chi connectivity index (χ0) is 24.8. The maximum absolute atomic E-state index is 13.5. The summed E-state index contributed by atoms with van der Waals surface area (Å²) in [6.45, 7) is 7.40. The molecule has 0 saturated carbocycles. The molecule has 1 unspecified atom stereocenters. The molecule has 180 valence electrons. The molecule has 0 bridgehead atoms. The van der Waals surface area contributed by atoms with Gasteiger partial charge in [-0.3, -0.25) is 13.9 Å². The molecule has 0 heterocycles. The number of rotatable bonds is 10. The Labute approximate surface area is 201 Å². The molecule has 0 saturated heterocycles. The normalized spacial score (nSPS) is 12.2. The first kappa shape index (κ1) is 26.7. The topological polar surface area (TPSA) is 86.8 Å². The lowest BCUT2D eigenvalue weighted by atomic mass is 10.1. The summed E-state index contributed by atoms with van der Waals surface area (Å²) >= 11 is 6.31. The van der Waals surface area contributed by atoms with Gasteiger partial charge in [0.25, 0.3) is 0 Å². The first-order valence-corrected chi connectivity index (χ1v) is 13.0. The summed E-state index contributed by atoms with van der Waals surface area (Å²) < 4.78 is 26.4. The summed E-state index contributed by atoms with van der Waals surface area (Å²) in [4.78, 5) is 27.6. The van der Waals surface area contributed by atoms with E-state index in [-0.39, 0.29) is 12.5 Å². The highest BCUT2D eigenvalue weighted by Crippen LogP contribution is 2.25. The van der Waals surface area contributed by atoms with Crippen LogP contribution in [0, 0.1) is 13.8 Å². The van der Waals surface area contributed by atoms with Gasteiger partial charge in [0.15, 0.2) is 0 Å². The van der Waals surface area contributed by atoms with E-state index in [9.17, 15) is 18.0 Å². The third-order valence-corrected chi connectivity index (χ3v) is 6.81. The van der Waals surface area contributed by atoms with Crippen LogP contribution in [-0.4, -0.2) is 50.5 Å². The summed E-state index contributed by atoms with van der Waals surface area (Å²) in [5.74, 6) is -0.811. The van der Waals surface area contributed by atoms with Crippen LogP contribution in [0.25, 0.3) is 0 Å². The Bertz CT molecular complexity index is 1100. The summed E-state index contributed by atoms with van der Waals surface area (Å²) in [5.41, 5.74) is 2.81. The van der Waals surface area contributed by atoms with Crippen molar-refractivity contribution in [2.75, 3.05) is 23.7 Å². The highest BCUT2D eigenvalue weighted by Gasteiger charge is 2.30. The fraction of sp³-hybridized carbons (Fsp3) is 0.417. The fourth-order valence-corrected chi connectivity index (χ4v) is 4.57. The molecule has 2 rings (SSSR count). The van der Waals surface area contributed by atoms with Crippen LogP contribution >= 0.6 is 11.6 Å². The molecule has 0 radical (unpaired) electrons. The Morgan fingerprint density at radius 2 is 1.79 bits per heavy atom. The quantitative estimate of drug-likeness (QED) is 0.547. The molecule has 2 aromatic carbocycles. The van der Waals surface area contributed by atoms with Crippen LogP contribution < -0.4 is 9.62 Å². The highest BCUT2D eigenvalue weighted by atomic mass is 35.5. The van der Waals surface area contributed by atoms with Crippen molar-refractivity contribution >= 4 is 39.1 Å². The number of sulfonamides is 1. The summed E-state index contributed by atoms with van der Waals surface area (Å²) in [5, 5.41) is 3.26. The average Bonchev–Trinajstić information content (AvgIpc) is 2.74. The molecule has 1 N–H and O–H groups in total. The smallest absolute Gasteiger partial charge is 0.244 e. The van der Waals surface area contributed by atoms with Gasteiger partial charge in [0.2, 0.25) is 21.8 Å². The lowest BCUT2D eigenvalue weighted by molar-refractivity contribution is -0.139. The number of amides is 2. The van der Waals surface area contributed by atoms with Gasteiger partial charge in [-0.2, -0.15) is 0 Å². The molecule has 33 heavy (non-hydrogen) atoms. The molecular weight excluding hydrogens is 462 g/mol. The second-order valence-electron chi connectivity index (χ2n) is 8.14. The van der Waals surface area contributed by atoms with E-state index in [0.29, 0.717) is 22.8 Å². The maximum atomic E-state index is 13.5. The van der Waals surface area contributed by atoms with Crippen molar-refractivity contribution in [2.45, 2.75) is 46.7 Å². The molecule has 0 aliphatic heterocycles. The number of hydrogen-bond acceptors (Lipinski definition) is 4. The lowest BCUT2D eigenvalue weighted by Crippen LogP contribution is -2.51. The Balaban J connectivity index is 2.42. The molecule has 0 aliphatic carbocycles. The van der Waals surface area contributed by atoms with Crippen molar-refractivity contribution in [3.05, 3.63) is 64.2 Å². The molecular formula is C24H32ClN3O4S. The van der Waals surface area contributed by atoms with Crippen LogP contribution in [0.1, 0.15) is 37.0 Å². The Kier molecular flexibility index (Phi) is 9.31. The monoisotopic (exact) mass is 493 g/mol. The molecule has 2 aromatic rings. The van der Waals surface area contributed by atoms with E-state index in [1.54, 1.807) is 50.2 Å². The van der Waals surface area contributed by atoms with Crippen LogP contribution in [0.4, 0.5) is 5.69 Å². The minimum atomic E-state index is -3.76. The zero-order valence-electron chi connectivity index (χ0n) is 19.8. The minimum Gasteiger partial charge on any atom is -0.354 e. The number of halogens is 1. The number of anilines is 1. The Hall–Kier alpha value is -2.58. The van der Waals surface area contributed by atoms with Gasteiger partial charge in [-0.15, -0.1) is 0 Å². The number of benzene rings is 2. The molecule has 1 atom stereocenters. The largest absolute Gasteiger partial charge is 0.354 e. The van der Waals surface area contributed by atoms with Gasteiger partial charge in [-0.05, 0) is 50.5 Å². The molecule has 2 amide bonds. The van der Waals surface area contributed by atoms with Crippen molar-refractivity contribution in [3.8, 4) is 0 Å². The van der Waals surface area contributed by atoms with Gasteiger partial charge < -0.3 is 10.2 Å². The first-order chi connectivity index (χ1) is 15.5. The van der Waals surface area contributed by atoms with Crippen molar-refractivity contribution in [1.82, 2.24) is 10.2 Å². The van der Waals surface area contributed by atoms with Gasteiger partial charge in [0, 0.05) is 18.1 Å². The van der Waals surface area contributed by atoms with Gasteiger partial charge in [0.05, 0.1) is 11.9 Å². The molecule has 9 heteroatoms. The molecule has 0 aliphatic rings. The molecule has 7 nitrogen and oxygen atoms in total. The first-order valence-electron chi connectivity index (χ1n) is 10.8. The van der Waals surface area contributed by atoms with Crippen LogP contribution in [0.2, 0.25) is 5.02 Å². The summed E-state index contributed by atoms with van der Waals surface area (Å²) in [6, 6.07) is 11.6. The summed E-state index contributed by atoms with van der Waals surface area (Å²) in [7, 11) is -3.76. The van der Waals surface area contributed by atoms with Gasteiger partial charge in [-0.1, -0.05) is 54.4 Å². The number of hydrogen-bond donors (Lipinski definition) is 1. The predicted molar refractivity (Wildman–Crippen MR) is 133 cm³/mol. The van der Waals surface area contributed by atoms with Crippen molar-refractivity contribution in [3.63, 3.8) is 0 Å². The second-order valence-corrected chi connectivity index (χ2v) is 10.5. The number of aryl methyl sites for hydroxylation is 2. The summed E-state index contributed by atoms with van der Waals surface area (Å²) in [6.07, 6.45) is 1.82. The molecule has 0 spiro atoms. The van der Waals surface area contributed by atoms with Crippen LogP contribution in [0.3, 0.4) is 0 Å². The Morgan fingerprint density at radius 3 is 2.36 bits per heavy atom. The van der Waals surface area contributed by atoms with Gasteiger partial charge in [0.1, 0.15) is 12.6 Å². The third-order valence-electron chi connectivity index (χ3n) is 5.32. The fourth-order valence-electron chi connectivity index (χ4n) is 3.47. The van der Waals surface area contributed by atoms with Crippen LogP contribution in [0.15, 0.2) is 42.5 Å². The van der Waals surface area contributed by atoms with E-state index in [4.69, 9.17) is 11.6 Å². The van der Waals surface area contributed by atoms with E-state index >= 15 is 0 Å². The lowest BCUT2D eigenvalue weighted by Gasteiger charge is -2.32. The van der Waals surface area contributed by atoms with Crippen LogP contribution in [0.5, 0.6) is 0 Å². The molecule has 0 aromatic heterocycles.